The highest BCUT2D eigenvalue weighted by Gasteiger charge is 2.14. The molecule has 1 aromatic heterocycles. The maximum Gasteiger partial charge on any atom is 0.296 e. The Morgan fingerprint density at radius 2 is 2.31 bits per heavy atom. The zero-order valence-electron chi connectivity index (χ0n) is 7.70. The fourth-order valence-corrected chi connectivity index (χ4v) is 0.929. The minimum Gasteiger partial charge on any atom is -0.268 e. The monoisotopic (exact) mass is 201 g/mol. The van der Waals surface area contributed by atoms with E-state index >= 15 is 0 Å². The molecule has 1 amide bonds. The van der Waals surface area contributed by atoms with Crippen molar-refractivity contribution in [1.82, 2.24) is 14.2 Å². The summed E-state index contributed by atoms with van der Waals surface area (Å²) in [4.78, 5) is 16.3. The van der Waals surface area contributed by atoms with Crippen molar-refractivity contribution in [3.05, 3.63) is 11.9 Å². The molecule has 0 fully saturated rings. The van der Waals surface area contributed by atoms with Gasteiger partial charge in [0.25, 0.3) is 5.91 Å². The lowest BCUT2D eigenvalue weighted by atomic mass is 10.2. The Morgan fingerprint density at radius 1 is 1.62 bits per heavy atom. The van der Waals surface area contributed by atoms with E-state index in [1.54, 1.807) is 0 Å². The van der Waals surface area contributed by atoms with Crippen molar-refractivity contribution in [2.45, 2.75) is 26.4 Å². The average Bonchev–Trinajstić information content (AvgIpc) is 2.50. The highest BCUT2D eigenvalue weighted by atomic mass is 32.1. The molecule has 0 aliphatic heterocycles. The first-order chi connectivity index (χ1) is 5.99. The van der Waals surface area contributed by atoms with Gasteiger partial charge in [-0.1, -0.05) is 0 Å². The van der Waals surface area contributed by atoms with Gasteiger partial charge in [-0.15, -0.1) is 0 Å². The van der Waals surface area contributed by atoms with Crippen molar-refractivity contribution in [1.29, 1.82) is 0 Å². The molecule has 13 heavy (non-hydrogen) atoms. The lowest BCUT2D eigenvalue weighted by molar-refractivity contribution is -0.0591. The average molecular weight is 201 g/mol. The van der Waals surface area contributed by atoms with E-state index in [1.807, 2.05) is 20.8 Å². The van der Waals surface area contributed by atoms with Gasteiger partial charge in [-0.3, -0.25) is 9.63 Å². The first kappa shape index (κ1) is 10.1. The molecule has 0 aromatic carbocycles. The molecule has 72 valence electrons. The van der Waals surface area contributed by atoms with Crippen LogP contribution in [0.2, 0.25) is 0 Å². The Kier molecular flexibility index (Phi) is 2.94. The number of amides is 1. The van der Waals surface area contributed by atoms with Crippen LogP contribution in [0.5, 0.6) is 0 Å². The SMILES string of the molecule is CC(C)(C)ONC(=O)c1cnsn1. The largest absolute Gasteiger partial charge is 0.296 e. The van der Waals surface area contributed by atoms with E-state index in [4.69, 9.17) is 4.84 Å². The van der Waals surface area contributed by atoms with Gasteiger partial charge in [0.15, 0.2) is 5.69 Å². The fraction of sp³-hybridized carbons (Fsp3) is 0.571. The summed E-state index contributed by atoms with van der Waals surface area (Å²) in [5.74, 6) is -0.372. The summed E-state index contributed by atoms with van der Waals surface area (Å²) in [6.07, 6.45) is 1.39. The molecular formula is C7H11N3O2S. The number of nitrogens with one attached hydrogen (secondary N) is 1. The Morgan fingerprint density at radius 3 is 2.77 bits per heavy atom. The van der Waals surface area contributed by atoms with Crippen molar-refractivity contribution in [2.24, 2.45) is 0 Å². The van der Waals surface area contributed by atoms with Gasteiger partial charge in [-0.25, -0.2) is 5.48 Å². The summed E-state index contributed by atoms with van der Waals surface area (Å²) < 4.78 is 7.46. The molecule has 1 aromatic rings. The smallest absolute Gasteiger partial charge is 0.268 e. The second-order valence-electron chi connectivity index (χ2n) is 3.44. The van der Waals surface area contributed by atoms with Gasteiger partial charge in [0.1, 0.15) is 0 Å². The molecule has 0 unspecified atom stereocenters. The standard InChI is InChI=1S/C7H11N3O2S/c1-7(2,3)12-9-6(11)5-4-8-13-10-5/h4H,1-3H3,(H,9,11). The van der Waals surface area contributed by atoms with E-state index in [0.717, 1.165) is 11.7 Å². The van der Waals surface area contributed by atoms with Gasteiger partial charge in [-0.2, -0.15) is 8.75 Å². The molecule has 1 heterocycles. The summed E-state index contributed by atoms with van der Waals surface area (Å²) >= 11 is 0.985. The van der Waals surface area contributed by atoms with Crippen LogP contribution in [0.4, 0.5) is 0 Å². The molecule has 0 atom stereocenters. The maximum atomic E-state index is 11.2. The number of rotatable bonds is 2. The molecule has 0 aliphatic rings. The van der Waals surface area contributed by atoms with Gasteiger partial charge >= 0.3 is 0 Å². The Labute approximate surface area is 80.4 Å². The molecule has 0 saturated heterocycles. The second kappa shape index (κ2) is 3.80. The fourth-order valence-electron chi connectivity index (χ4n) is 0.516. The van der Waals surface area contributed by atoms with E-state index in [0.29, 0.717) is 0 Å². The van der Waals surface area contributed by atoms with E-state index in [9.17, 15) is 4.79 Å². The highest BCUT2D eigenvalue weighted by molar-refractivity contribution is 6.99. The first-order valence-electron chi connectivity index (χ1n) is 3.75. The highest BCUT2D eigenvalue weighted by Crippen LogP contribution is 2.04. The van der Waals surface area contributed by atoms with E-state index in [1.165, 1.54) is 6.20 Å². The predicted molar refractivity (Wildman–Crippen MR) is 48.2 cm³/mol. The summed E-state index contributed by atoms with van der Waals surface area (Å²) in [7, 11) is 0. The van der Waals surface area contributed by atoms with Gasteiger partial charge in [0.05, 0.1) is 23.5 Å². The van der Waals surface area contributed by atoms with E-state index < -0.39 is 5.60 Å². The number of nitrogens with zero attached hydrogens (tertiary/aromatic N) is 2. The van der Waals surface area contributed by atoms with Crippen LogP contribution in [0.1, 0.15) is 31.3 Å². The molecule has 6 heteroatoms. The molecule has 0 bridgehead atoms. The van der Waals surface area contributed by atoms with Crippen molar-refractivity contribution < 1.29 is 9.63 Å². The minimum absolute atomic E-state index is 0.272. The number of aromatic nitrogens is 2. The van der Waals surface area contributed by atoms with Crippen LogP contribution in [0.25, 0.3) is 0 Å². The zero-order chi connectivity index (χ0) is 9.90. The number of hydrogen-bond donors (Lipinski definition) is 1. The number of hydroxylamine groups is 1. The molecule has 5 nitrogen and oxygen atoms in total. The third kappa shape index (κ3) is 3.47. The predicted octanol–water partition coefficient (Wildman–Crippen LogP) is 0.998. The van der Waals surface area contributed by atoms with Crippen molar-refractivity contribution in [2.75, 3.05) is 0 Å². The third-order valence-electron chi connectivity index (χ3n) is 1.04. The van der Waals surface area contributed by atoms with Crippen LogP contribution >= 0.6 is 11.7 Å². The Balaban J connectivity index is 2.44. The summed E-state index contributed by atoms with van der Waals surface area (Å²) in [6.45, 7) is 5.52. The summed E-state index contributed by atoms with van der Waals surface area (Å²) in [5.41, 5.74) is 2.16. The van der Waals surface area contributed by atoms with E-state index in [-0.39, 0.29) is 11.6 Å². The molecule has 0 spiro atoms. The topological polar surface area (TPSA) is 64.1 Å². The van der Waals surface area contributed by atoms with Gasteiger partial charge in [0.2, 0.25) is 0 Å². The lowest BCUT2D eigenvalue weighted by Crippen LogP contribution is -2.33. The Bertz CT molecular complexity index is 278. The van der Waals surface area contributed by atoms with Crippen LogP contribution in [0, 0.1) is 0 Å². The van der Waals surface area contributed by atoms with Crippen LogP contribution < -0.4 is 5.48 Å². The third-order valence-corrected chi connectivity index (χ3v) is 1.52. The van der Waals surface area contributed by atoms with Gasteiger partial charge in [0, 0.05) is 0 Å². The van der Waals surface area contributed by atoms with Crippen LogP contribution in [-0.2, 0) is 4.84 Å². The quantitative estimate of drug-likeness (QED) is 0.725. The molecular weight excluding hydrogens is 190 g/mol. The normalized spacial score (nSPS) is 11.3. The van der Waals surface area contributed by atoms with Crippen molar-refractivity contribution in [3.63, 3.8) is 0 Å². The molecule has 0 saturated carbocycles. The van der Waals surface area contributed by atoms with Crippen molar-refractivity contribution in [3.8, 4) is 0 Å². The van der Waals surface area contributed by atoms with Gasteiger partial charge < -0.3 is 0 Å². The molecule has 0 aliphatic carbocycles. The zero-order valence-corrected chi connectivity index (χ0v) is 8.51. The number of carbonyl (C=O) groups is 1. The molecule has 0 radical (unpaired) electrons. The number of carbonyl (C=O) groups excluding carboxylic acids is 1. The van der Waals surface area contributed by atoms with Crippen LogP contribution in [0.15, 0.2) is 6.20 Å². The molecule has 1 N–H and O–H groups in total. The first-order valence-corrected chi connectivity index (χ1v) is 4.48. The Hall–Kier alpha value is -1.01. The summed E-state index contributed by atoms with van der Waals surface area (Å²) in [6, 6.07) is 0. The second-order valence-corrected chi connectivity index (χ2v) is 3.99. The summed E-state index contributed by atoms with van der Waals surface area (Å²) in [5, 5.41) is 0. The van der Waals surface area contributed by atoms with Crippen LogP contribution in [-0.4, -0.2) is 20.3 Å². The maximum absolute atomic E-state index is 11.2. The minimum atomic E-state index is -0.404. The number of hydrogen-bond acceptors (Lipinski definition) is 5. The van der Waals surface area contributed by atoms with Crippen LogP contribution in [0.3, 0.4) is 0 Å². The molecule has 1 rings (SSSR count). The lowest BCUT2D eigenvalue weighted by Gasteiger charge is -2.18. The van der Waals surface area contributed by atoms with E-state index in [2.05, 4.69) is 14.2 Å². The van der Waals surface area contributed by atoms with Gasteiger partial charge in [-0.05, 0) is 20.8 Å². The van der Waals surface area contributed by atoms with Crippen molar-refractivity contribution >= 4 is 17.6 Å².